The third-order valence-corrected chi connectivity index (χ3v) is 5.82. The van der Waals surface area contributed by atoms with Crippen LogP contribution in [-0.2, 0) is 14.3 Å². The first kappa shape index (κ1) is 30.9. The normalized spacial score (nSPS) is 13.3. The van der Waals surface area contributed by atoms with Crippen LogP contribution in [0, 0.1) is 11.8 Å². The van der Waals surface area contributed by atoms with Gasteiger partial charge in [0.05, 0.1) is 24.7 Å². The largest absolute Gasteiger partial charge is 0.495 e. The number of nitrogens with zero attached hydrogens (tertiary/aromatic N) is 1. The van der Waals surface area contributed by atoms with Crippen LogP contribution in [0.4, 0.5) is 0 Å². The maximum atomic E-state index is 13.0. The Morgan fingerprint density at radius 3 is 2.37 bits per heavy atom. The zero-order valence-electron chi connectivity index (χ0n) is 22.9. The number of hydrogen-bond acceptors (Lipinski definition) is 9. The van der Waals surface area contributed by atoms with Gasteiger partial charge in [-0.3, -0.25) is 14.4 Å². The van der Waals surface area contributed by atoms with Gasteiger partial charge in [-0.15, -0.1) is 0 Å². The Morgan fingerprint density at radius 2 is 1.76 bits per heavy atom. The van der Waals surface area contributed by atoms with Gasteiger partial charge in [-0.2, -0.15) is 0 Å². The van der Waals surface area contributed by atoms with Crippen molar-refractivity contribution >= 4 is 29.3 Å². The molecule has 0 radical (unpaired) electrons. The van der Waals surface area contributed by atoms with E-state index in [1.54, 1.807) is 39.0 Å². The summed E-state index contributed by atoms with van der Waals surface area (Å²) in [5, 5.41) is 0.455. The molecule has 3 atom stereocenters. The second-order valence-electron chi connectivity index (χ2n) is 9.27. The highest BCUT2D eigenvalue weighted by molar-refractivity contribution is 6.32. The second kappa shape index (κ2) is 14.6. The number of aromatic nitrogens is 1. The number of esters is 2. The minimum absolute atomic E-state index is 0.0652. The molecule has 0 aliphatic carbocycles. The van der Waals surface area contributed by atoms with Crippen molar-refractivity contribution in [3.63, 3.8) is 0 Å². The van der Waals surface area contributed by atoms with Crippen LogP contribution in [0.15, 0.2) is 30.5 Å². The highest BCUT2D eigenvalue weighted by atomic mass is 35.5. The summed E-state index contributed by atoms with van der Waals surface area (Å²) in [7, 11) is 1.52. The Balaban J connectivity index is 2.13. The van der Waals surface area contributed by atoms with Crippen molar-refractivity contribution in [1.29, 1.82) is 0 Å². The quantitative estimate of drug-likeness (QED) is 0.216. The molecule has 2 aromatic rings. The SMILES string of the molecule is CCOc1ccnc(C(=O)C[C@@H](C)C(=O)O[C@@H](C)[C@@H](CC(C)C)Oc2ccc(Cl)c(OC)c2)c1OC(C)=O. The average Bonchev–Trinajstić information content (AvgIpc) is 2.85. The van der Waals surface area contributed by atoms with Gasteiger partial charge in [-0.25, -0.2) is 4.98 Å². The highest BCUT2D eigenvalue weighted by Crippen LogP contribution is 2.32. The Morgan fingerprint density at radius 1 is 1.05 bits per heavy atom. The molecular formula is C28H36ClNO8. The number of carbonyl (C=O) groups excluding carboxylic acids is 3. The van der Waals surface area contributed by atoms with E-state index in [0.29, 0.717) is 29.5 Å². The summed E-state index contributed by atoms with van der Waals surface area (Å²) in [6.07, 6.45) is 0.739. The van der Waals surface area contributed by atoms with E-state index in [0.717, 1.165) is 0 Å². The molecule has 9 nitrogen and oxygen atoms in total. The van der Waals surface area contributed by atoms with Gasteiger partial charge in [-0.1, -0.05) is 32.4 Å². The van der Waals surface area contributed by atoms with E-state index < -0.39 is 35.8 Å². The van der Waals surface area contributed by atoms with Crippen molar-refractivity contribution in [1.82, 2.24) is 4.98 Å². The zero-order chi connectivity index (χ0) is 28.4. The first-order chi connectivity index (χ1) is 18.0. The van der Waals surface area contributed by atoms with Gasteiger partial charge >= 0.3 is 11.9 Å². The second-order valence-corrected chi connectivity index (χ2v) is 9.67. The number of carbonyl (C=O) groups is 3. The number of ketones is 1. The molecule has 1 aromatic heterocycles. The fraction of sp³-hybridized carbons (Fsp3) is 0.500. The molecule has 0 fully saturated rings. The molecular weight excluding hydrogens is 514 g/mol. The van der Waals surface area contributed by atoms with E-state index >= 15 is 0 Å². The molecule has 38 heavy (non-hydrogen) atoms. The maximum absolute atomic E-state index is 13.0. The molecule has 10 heteroatoms. The van der Waals surface area contributed by atoms with Crippen molar-refractivity contribution in [3.05, 3.63) is 41.2 Å². The summed E-state index contributed by atoms with van der Waals surface area (Å²) in [6.45, 7) is 10.7. The molecule has 0 saturated heterocycles. The van der Waals surface area contributed by atoms with Crippen LogP contribution in [0.25, 0.3) is 0 Å². The number of Topliss-reactive ketones (excluding diaryl/α,β-unsaturated/α-hetero) is 1. The van der Waals surface area contributed by atoms with E-state index in [4.69, 9.17) is 35.3 Å². The highest BCUT2D eigenvalue weighted by Gasteiger charge is 2.29. The first-order valence-electron chi connectivity index (χ1n) is 12.5. The maximum Gasteiger partial charge on any atom is 0.309 e. The van der Waals surface area contributed by atoms with Crippen LogP contribution in [-0.4, -0.2) is 48.6 Å². The Bertz CT molecular complexity index is 1120. The average molecular weight is 550 g/mol. The minimum Gasteiger partial charge on any atom is -0.495 e. The monoisotopic (exact) mass is 549 g/mol. The molecule has 208 valence electrons. The third-order valence-electron chi connectivity index (χ3n) is 5.51. The standard InChI is InChI=1S/C28H36ClNO8/c1-8-35-23-11-12-30-26(27(23)37-19(6)31)22(32)14-17(4)28(33)36-18(5)24(13-16(2)3)38-20-9-10-21(29)25(15-20)34-7/h9-12,15-18,24H,8,13-14H2,1-7H3/t17-,18+,24-/m1/s1. The smallest absolute Gasteiger partial charge is 0.309 e. The van der Waals surface area contributed by atoms with Crippen molar-refractivity contribution in [3.8, 4) is 23.0 Å². The number of hydrogen-bond donors (Lipinski definition) is 0. The Labute approximate surface area is 228 Å². The van der Waals surface area contributed by atoms with Crippen molar-refractivity contribution in [2.24, 2.45) is 11.8 Å². The van der Waals surface area contributed by atoms with Crippen LogP contribution >= 0.6 is 11.6 Å². The fourth-order valence-corrected chi connectivity index (χ4v) is 3.86. The van der Waals surface area contributed by atoms with Gasteiger partial charge in [0, 0.05) is 31.7 Å². The number of rotatable bonds is 14. The van der Waals surface area contributed by atoms with Crippen LogP contribution in [0.1, 0.15) is 64.9 Å². The summed E-state index contributed by atoms with van der Waals surface area (Å²) < 4.78 is 27.8. The van der Waals surface area contributed by atoms with Crippen LogP contribution in [0.3, 0.4) is 0 Å². The van der Waals surface area contributed by atoms with Gasteiger partial charge < -0.3 is 23.7 Å². The molecule has 0 saturated carbocycles. The van der Waals surface area contributed by atoms with Crippen molar-refractivity contribution < 1.29 is 38.1 Å². The Hall–Kier alpha value is -3.33. The van der Waals surface area contributed by atoms with Gasteiger partial charge in [-0.05, 0) is 38.3 Å². The number of ether oxygens (including phenoxy) is 5. The van der Waals surface area contributed by atoms with Crippen LogP contribution < -0.4 is 18.9 Å². The summed E-state index contributed by atoms with van der Waals surface area (Å²) in [5.74, 6) is -1.04. The molecule has 2 rings (SSSR count). The predicted octanol–water partition coefficient (Wildman–Crippen LogP) is 5.70. The molecule has 0 bridgehead atoms. The summed E-state index contributed by atoms with van der Waals surface area (Å²) in [5.41, 5.74) is -0.0865. The molecule has 0 unspecified atom stereocenters. The van der Waals surface area contributed by atoms with E-state index in [9.17, 15) is 14.4 Å². The van der Waals surface area contributed by atoms with Gasteiger partial charge in [0.25, 0.3) is 0 Å². The van der Waals surface area contributed by atoms with Crippen molar-refractivity contribution in [2.45, 2.75) is 66.6 Å². The fourth-order valence-electron chi connectivity index (χ4n) is 3.66. The van der Waals surface area contributed by atoms with E-state index in [1.807, 2.05) is 13.8 Å². The summed E-state index contributed by atoms with van der Waals surface area (Å²) >= 11 is 6.11. The molecule has 0 aliphatic heterocycles. The van der Waals surface area contributed by atoms with E-state index in [-0.39, 0.29) is 29.5 Å². The summed E-state index contributed by atoms with van der Waals surface area (Å²) in [4.78, 5) is 41.7. The summed E-state index contributed by atoms with van der Waals surface area (Å²) in [6, 6.07) is 6.57. The molecule has 0 amide bonds. The minimum atomic E-state index is -0.789. The third kappa shape index (κ3) is 8.90. The molecule has 0 spiro atoms. The zero-order valence-corrected chi connectivity index (χ0v) is 23.7. The topological polar surface area (TPSA) is 110 Å². The molecule has 1 aromatic carbocycles. The lowest BCUT2D eigenvalue weighted by Gasteiger charge is -2.27. The molecule has 0 N–H and O–H groups in total. The number of halogens is 1. The Kier molecular flexibility index (Phi) is 11.8. The first-order valence-corrected chi connectivity index (χ1v) is 12.9. The van der Waals surface area contributed by atoms with Gasteiger partial charge in [0.1, 0.15) is 23.7 Å². The van der Waals surface area contributed by atoms with Gasteiger partial charge in [0.15, 0.2) is 17.2 Å². The number of pyridine rings is 1. The molecule has 0 aliphatic rings. The van der Waals surface area contributed by atoms with Crippen LogP contribution in [0.5, 0.6) is 23.0 Å². The van der Waals surface area contributed by atoms with Crippen molar-refractivity contribution in [2.75, 3.05) is 13.7 Å². The lowest BCUT2D eigenvalue weighted by molar-refractivity contribution is -0.157. The number of benzene rings is 1. The van der Waals surface area contributed by atoms with Gasteiger partial charge in [0.2, 0.25) is 5.75 Å². The lowest BCUT2D eigenvalue weighted by atomic mass is 10.0. The molecule has 1 heterocycles. The number of methoxy groups -OCH3 is 1. The lowest BCUT2D eigenvalue weighted by Crippen LogP contribution is -2.36. The predicted molar refractivity (Wildman–Crippen MR) is 142 cm³/mol. The van der Waals surface area contributed by atoms with Crippen LogP contribution in [0.2, 0.25) is 5.02 Å². The van der Waals surface area contributed by atoms with E-state index in [1.165, 1.54) is 26.3 Å². The van der Waals surface area contributed by atoms with E-state index in [2.05, 4.69) is 4.98 Å².